The highest BCUT2D eigenvalue weighted by molar-refractivity contribution is 6.09. The lowest BCUT2D eigenvalue weighted by Crippen LogP contribution is -2.25. The number of para-hydroxylation sites is 1. The lowest BCUT2D eigenvalue weighted by molar-refractivity contribution is 0.0679. The number of amides is 2. The summed E-state index contributed by atoms with van der Waals surface area (Å²) in [6.45, 7) is 3.83. The van der Waals surface area contributed by atoms with Crippen molar-refractivity contribution >= 4 is 17.5 Å². The summed E-state index contributed by atoms with van der Waals surface area (Å²) in [6, 6.07) is 14.0. The number of carbonyl (C=O) groups is 2. The van der Waals surface area contributed by atoms with Gasteiger partial charge in [-0.2, -0.15) is 0 Å². The van der Waals surface area contributed by atoms with Crippen LogP contribution in [-0.2, 0) is 4.74 Å². The first-order chi connectivity index (χ1) is 13.7. The highest BCUT2D eigenvalue weighted by atomic mass is 16.5. The average molecular weight is 382 g/mol. The number of rotatable bonds is 8. The molecule has 28 heavy (non-hydrogen) atoms. The van der Waals surface area contributed by atoms with Crippen molar-refractivity contribution in [3.63, 3.8) is 0 Å². The maximum absolute atomic E-state index is 12.7. The number of benzene rings is 2. The van der Waals surface area contributed by atoms with Crippen LogP contribution in [0, 0.1) is 0 Å². The van der Waals surface area contributed by atoms with Gasteiger partial charge in [-0.25, -0.2) is 0 Å². The van der Waals surface area contributed by atoms with Crippen LogP contribution < -0.4 is 15.4 Å². The van der Waals surface area contributed by atoms with Gasteiger partial charge in [-0.3, -0.25) is 9.59 Å². The van der Waals surface area contributed by atoms with Crippen molar-refractivity contribution in [2.24, 2.45) is 0 Å². The fourth-order valence-electron chi connectivity index (χ4n) is 3.01. The molecule has 1 fully saturated rings. The van der Waals surface area contributed by atoms with Crippen LogP contribution in [0.25, 0.3) is 0 Å². The summed E-state index contributed by atoms with van der Waals surface area (Å²) >= 11 is 0. The van der Waals surface area contributed by atoms with E-state index >= 15 is 0 Å². The van der Waals surface area contributed by atoms with Crippen LogP contribution in [0.1, 0.15) is 46.9 Å². The molecule has 6 heteroatoms. The van der Waals surface area contributed by atoms with Gasteiger partial charge in [-0.1, -0.05) is 25.1 Å². The number of ether oxygens (including phenoxy) is 2. The molecule has 2 aromatic carbocycles. The Hall–Kier alpha value is -2.86. The van der Waals surface area contributed by atoms with Gasteiger partial charge in [0.05, 0.1) is 17.4 Å². The fourth-order valence-corrected chi connectivity index (χ4v) is 3.01. The molecule has 0 spiro atoms. The van der Waals surface area contributed by atoms with E-state index in [1.807, 2.05) is 13.0 Å². The van der Waals surface area contributed by atoms with Gasteiger partial charge in [0.15, 0.2) is 0 Å². The van der Waals surface area contributed by atoms with Gasteiger partial charge < -0.3 is 20.1 Å². The summed E-state index contributed by atoms with van der Waals surface area (Å²) in [5.41, 5.74) is 1.38. The van der Waals surface area contributed by atoms with Crippen LogP contribution in [0.5, 0.6) is 5.75 Å². The molecule has 6 nitrogen and oxygen atoms in total. The van der Waals surface area contributed by atoms with Gasteiger partial charge >= 0.3 is 0 Å². The van der Waals surface area contributed by atoms with E-state index in [4.69, 9.17) is 9.47 Å². The molecule has 0 bridgehead atoms. The van der Waals surface area contributed by atoms with Gasteiger partial charge in [0, 0.05) is 18.7 Å². The third-order valence-corrected chi connectivity index (χ3v) is 4.51. The molecule has 0 saturated carbocycles. The van der Waals surface area contributed by atoms with Crippen molar-refractivity contribution in [1.82, 2.24) is 5.32 Å². The van der Waals surface area contributed by atoms with Crippen molar-refractivity contribution in [2.75, 3.05) is 25.1 Å². The summed E-state index contributed by atoms with van der Waals surface area (Å²) in [6.07, 6.45) is 3.02. The summed E-state index contributed by atoms with van der Waals surface area (Å²) in [5.74, 6) is 0.127. The molecular weight excluding hydrogens is 356 g/mol. The monoisotopic (exact) mass is 382 g/mol. The Bertz CT molecular complexity index is 816. The van der Waals surface area contributed by atoms with Crippen molar-refractivity contribution < 1.29 is 19.1 Å². The second kappa shape index (κ2) is 9.90. The molecule has 0 radical (unpaired) electrons. The van der Waals surface area contributed by atoms with Crippen molar-refractivity contribution in [3.05, 3.63) is 59.7 Å². The van der Waals surface area contributed by atoms with E-state index in [1.165, 1.54) is 0 Å². The number of hydrogen-bond acceptors (Lipinski definition) is 4. The topological polar surface area (TPSA) is 76.7 Å². The smallest absolute Gasteiger partial charge is 0.255 e. The lowest BCUT2D eigenvalue weighted by Gasteiger charge is -2.13. The Morgan fingerprint density at radius 2 is 2.00 bits per heavy atom. The highest BCUT2D eigenvalue weighted by Crippen LogP contribution is 2.20. The minimum absolute atomic E-state index is 0.117. The third-order valence-electron chi connectivity index (χ3n) is 4.51. The molecule has 1 heterocycles. The first kappa shape index (κ1) is 19.9. The van der Waals surface area contributed by atoms with E-state index in [0.29, 0.717) is 35.7 Å². The van der Waals surface area contributed by atoms with Gasteiger partial charge in [-0.05, 0) is 49.6 Å². The molecule has 2 amide bonds. The molecule has 2 aromatic rings. The van der Waals surface area contributed by atoms with Crippen LogP contribution in [0.4, 0.5) is 5.69 Å². The van der Waals surface area contributed by atoms with Gasteiger partial charge in [0.2, 0.25) is 0 Å². The molecule has 1 aliphatic rings. The second-order valence-corrected chi connectivity index (χ2v) is 6.73. The Morgan fingerprint density at radius 1 is 1.14 bits per heavy atom. The van der Waals surface area contributed by atoms with Crippen LogP contribution >= 0.6 is 0 Å². The van der Waals surface area contributed by atoms with Gasteiger partial charge in [-0.15, -0.1) is 0 Å². The summed E-state index contributed by atoms with van der Waals surface area (Å²) in [5, 5.41) is 5.66. The molecular formula is C22H26N2O4. The zero-order valence-electron chi connectivity index (χ0n) is 16.1. The normalized spacial score (nSPS) is 15.8. The first-order valence-corrected chi connectivity index (χ1v) is 9.70. The SMILES string of the molecule is CCCNC(=O)c1ccccc1NC(=O)c1cccc(OCC2CCCO2)c1. The van der Waals surface area contributed by atoms with E-state index < -0.39 is 0 Å². The highest BCUT2D eigenvalue weighted by Gasteiger charge is 2.17. The molecule has 2 N–H and O–H groups in total. The number of carbonyl (C=O) groups excluding carboxylic acids is 2. The van der Waals surface area contributed by atoms with Crippen molar-refractivity contribution in [2.45, 2.75) is 32.3 Å². The second-order valence-electron chi connectivity index (χ2n) is 6.73. The largest absolute Gasteiger partial charge is 0.491 e. The molecule has 1 aliphatic heterocycles. The van der Waals surface area contributed by atoms with E-state index in [-0.39, 0.29) is 17.9 Å². The standard InChI is InChI=1S/C22H26N2O4/c1-2-12-23-22(26)19-10-3-4-11-20(19)24-21(25)16-7-5-8-17(14-16)28-15-18-9-6-13-27-18/h3-5,7-8,10-11,14,18H,2,6,9,12-13,15H2,1H3,(H,23,26)(H,24,25). The van der Waals surface area contributed by atoms with Crippen LogP contribution in [0.3, 0.4) is 0 Å². The Kier molecular flexibility index (Phi) is 7.03. The molecule has 1 unspecified atom stereocenters. The summed E-state index contributed by atoms with van der Waals surface area (Å²) in [4.78, 5) is 25.0. The zero-order valence-corrected chi connectivity index (χ0v) is 16.1. The molecule has 0 aliphatic carbocycles. The van der Waals surface area contributed by atoms with E-state index in [2.05, 4.69) is 10.6 Å². The molecule has 1 saturated heterocycles. The third kappa shape index (κ3) is 5.33. The number of nitrogens with one attached hydrogen (secondary N) is 2. The van der Waals surface area contributed by atoms with Crippen LogP contribution in [0.15, 0.2) is 48.5 Å². The summed E-state index contributed by atoms with van der Waals surface area (Å²) in [7, 11) is 0. The van der Waals surface area contributed by atoms with E-state index in [9.17, 15) is 9.59 Å². The predicted molar refractivity (Wildman–Crippen MR) is 108 cm³/mol. The molecule has 148 valence electrons. The summed E-state index contributed by atoms with van der Waals surface area (Å²) < 4.78 is 11.3. The van der Waals surface area contributed by atoms with Crippen molar-refractivity contribution in [1.29, 1.82) is 0 Å². The number of anilines is 1. The van der Waals surface area contributed by atoms with Crippen LogP contribution in [-0.4, -0.2) is 37.7 Å². The minimum Gasteiger partial charge on any atom is -0.491 e. The van der Waals surface area contributed by atoms with Gasteiger partial charge in [0.25, 0.3) is 11.8 Å². The molecule has 0 aromatic heterocycles. The Balaban J connectivity index is 1.66. The molecule has 3 rings (SSSR count). The van der Waals surface area contributed by atoms with E-state index in [1.54, 1.807) is 42.5 Å². The zero-order chi connectivity index (χ0) is 19.8. The fraction of sp³-hybridized carbons (Fsp3) is 0.364. The molecule has 1 atom stereocenters. The lowest BCUT2D eigenvalue weighted by atomic mass is 10.1. The quantitative estimate of drug-likeness (QED) is 0.731. The minimum atomic E-state index is -0.293. The number of hydrogen-bond donors (Lipinski definition) is 2. The van der Waals surface area contributed by atoms with Crippen molar-refractivity contribution in [3.8, 4) is 5.75 Å². The van der Waals surface area contributed by atoms with E-state index in [0.717, 1.165) is 25.9 Å². The van der Waals surface area contributed by atoms with Gasteiger partial charge in [0.1, 0.15) is 12.4 Å². The predicted octanol–water partition coefficient (Wildman–Crippen LogP) is 3.64. The Morgan fingerprint density at radius 3 is 2.79 bits per heavy atom. The Labute approximate surface area is 165 Å². The van der Waals surface area contributed by atoms with Crippen LogP contribution in [0.2, 0.25) is 0 Å². The maximum Gasteiger partial charge on any atom is 0.255 e. The first-order valence-electron chi connectivity index (χ1n) is 9.70. The maximum atomic E-state index is 12.7. The average Bonchev–Trinajstić information content (AvgIpc) is 3.25.